The van der Waals surface area contributed by atoms with E-state index in [0.29, 0.717) is 5.56 Å². The fourth-order valence-corrected chi connectivity index (χ4v) is 7.41. The Morgan fingerprint density at radius 2 is 1.62 bits per heavy atom. The Bertz CT molecular complexity index is 1210. The molecular weight excluding hydrogens is 478 g/mol. The molecule has 1 aromatic heterocycles. The van der Waals surface area contributed by atoms with E-state index in [1.54, 1.807) is 11.3 Å². The predicted molar refractivity (Wildman–Crippen MR) is 148 cm³/mol. The standard InChI is InChI=1S/C31H35N3O2S/c35-30(32-23-16-18-33(19-17-23)21-22-9-2-1-3-10-22)28-25-13-6-7-14-26(25)31(36)34(24-11-4-5-12-24)29(28)27-15-8-20-37-27/h1-3,6-10,13-15,20,23-24,28-29H,4-5,11-12,16-19,21H2,(H,32,35)/t28-,29-/m0/s1. The molecule has 192 valence electrons. The van der Waals surface area contributed by atoms with Crippen LogP contribution in [-0.4, -0.2) is 46.8 Å². The number of amides is 2. The average molecular weight is 514 g/mol. The minimum Gasteiger partial charge on any atom is -0.353 e. The minimum absolute atomic E-state index is 0.0582. The van der Waals surface area contributed by atoms with Gasteiger partial charge in [-0.25, -0.2) is 0 Å². The second-order valence-corrected chi connectivity index (χ2v) is 11.7. The van der Waals surface area contributed by atoms with Crippen LogP contribution in [0.2, 0.25) is 0 Å². The quantitative estimate of drug-likeness (QED) is 0.457. The van der Waals surface area contributed by atoms with Gasteiger partial charge in [0.2, 0.25) is 5.91 Å². The highest BCUT2D eigenvalue weighted by atomic mass is 32.1. The van der Waals surface area contributed by atoms with E-state index < -0.39 is 5.92 Å². The van der Waals surface area contributed by atoms with Gasteiger partial charge < -0.3 is 10.2 Å². The smallest absolute Gasteiger partial charge is 0.254 e. The number of hydrogen-bond donors (Lipinski definition) is 1. The number of likely N-dealkylation sites (tertiary alicyclic amines) is 1. The molecule has 2 fully saturated rings. The first-order valence-electron chi connectivity index (χ1n) is 13.7. The van der Waals surface area contributed by atoms with Gasteiger partial charge in [-0.2, -0.15) is 0 Å². The predicted octanol–water partition coefficient (Wildman–Crippen LogP) is 5.75. The molecule has 2 atom stereocenters. The third kappa shape index (κ3) is 4.97. The molecule has 1 saturated heterocycles. The highest BCUT2D eigenvalue weighted by molar-refractivity contribution is 7.10. The van der Waals surface area contributed by atoms with E-state index in [-0.39, 0.29) is 29.9 Å². The van der Waals surface area contributed by atoms with Crippen LogP contribution in [0.4, 0.5) is 0 Å². The summed E-state index contributed by atoms with van der Waals surface area (Å²) in [5.74, 6) is -0.252. The maximum absolute atomic E-state index is 14.1. The second kappa shape index (κ2) is 10.8. The zero-order valence-corrected chi connectivity index (χ0v) is 22.0. The van der Waals surface area contributed by atoms with Gasteiger partial charge in [-0.1, -0.05) is 67.4 Å². The lowest BCUT2D eigenvalue weighted by Gasteiger charge is -2.44. The van der Waals surface area contributed by atoms with Gasteiger partial charge in [-0.15, -0.1) is 11.3 Å². The van der Waals surface area contributed by atoms with Gasteiger partial charge >= 0.3 is 0 Å². The number of benzene rings is 2. The number of fused-ring (bicyclic) bond motifs is 1. The Kier molecular flexibility index (Phi) is 7.12. The average Bonchev–Trinajstić information content (AvgIpc) is 3.65. The summed E-state index contributed by atoms with van der Waals surface area (Å²) in [4.78, 5) is 33.6. The fraction of sp³-hybridized carbons (Fsp3) is 0.419. The topological polar surface area (TPSA) is 52.7 Å². The van der Waals surface area contributed by atoms with E-state index in [4.69, 9.17) is 0 Å². The van der Waals surface area contributed by atoms with Crippen molar-refractivity contribution in [3.05, 3.63) is 93.7 Å². The molecule has 5 nitrogen and oxygen atoms in total. The van der Waals surface area contributed by atoms with Gasteiger partial charge in [-0.3, -0.25) is 14.5 Å². The third-order valence-electron chi connectivity index (χ3n) is 8.39. The highest BCUT2D eigenvalue weighted by Gasteiger charge is 2.47. The Hall–Kier alpha value is -2.96. The number of hydrogen-bond acceptors (Lipinski definition) is 4. The van der Waals surface area contributed by atoms with Crippen molar-refractivity contribution in [2.45, 2.75) is 69.1 Å². The minimum atomic E-state index is -0.393. The summed E-state index contributed by atoms with van der Waals surface area (Å²) in [5, 5.41) is 5.49. The number of carbonyl (C=O) groups is 2. The number of nitrogens with one attached hydrogen (secondary N) is 1. The second-order valence-electron chi connectivity index (χ2n) is 10.7. The van der Waals surface area contributed by atoms with Crippen molar-refractivity contribution in [2.75, 3.05) is 13.1 Å². The maximum Gasteiger partial charge on any atom is 0.254 e. The first-order valence-corrected chi connectivity index (χ1v) is 14.6. The van der Waals surface area contributed by atoms with Gasteiger partial charge in [0.15, 0.2) is 0 Å². The van der Waals surface area contributed by atoms with Crippen molar-refractivity contribution in [1.29, 1.82) is 0 Å². The van der Waals surface area contributed by atoms with Gasteiger partial charge in [0.25, 0.3) is 5.91 Å². The van der Waals surface area contributed by atoms with E-state index >= 15 is 0 Å². The molecule has 2 aliphatic heterocycles. The Balaban J connectivity index is 1.24. The van der Waals surface area contributed by atoms with E-state index in [1.807, 2.05) is 30.3 Å². The van der Waals surface area contributed by atoms with Crippen molar-refractivity contribution in [3.8, 4) is 0 Å². The van der Waals surface area contributed by atoms with Crippen LogP contribution >= 0.6 is 11.3 Å². The third-order valence-corrected chi connectivity index (χ3v) is 9.34. The molecule has 37 heavy (non-hydrogen) atoms. The fourth-order valence-electron chi connectivity index (χ4n) is 6.55. The van der Waals surface area contributed by atoms with Crippen molar-refractivity contribution in [2.24, 2.45) is 0 Å². The summed E-state index contributed by atoms with van der Waals surface area (Å²) in [6.45, 7) is 2.90. The van der Waals surface area contributed by atoms with Gasteiger partial charge in [0.05, 0.1) is 12.0 Å². The lowest BCUT2D eigenvalue weighted by molar-refractivity contribution is -0.125. The van der Waals surface area contributed by atoms with Gasteiger partial charge in [0.1, 0.15) is 0 Å². The largest absolute Gasteiger partial charge is 0.353 e. The zero-order valence-electron chi connectivity index (χ0n) is 21.2. The molecule has 0 radical (unpaired) electrons. The maximum atomic E-state index is 14.1. The highest BCUT2D eigenvalue weighted by Crippen LogP contribution is 2.47. The molecule has 0 spiro atoms. The Morgan fingerprint density at radius 3 is 2.35 bits per heavy atom. The van der Waals surface area contributed by atoms with Crippen molar-refractivity contribution < 1.29 is 9.59 Å². The van der Waals surface area contributed by atoms with Crippen LogP contribution in [0.1, 0.15) is 76.8 Å². The first-order chi connectivity index (χ1) is 18.2. The van der Waals surface area contributed by atoms with Crippen LogP contribution in [-0.2, 0) is 11.3 Å². The molecule has 3 aromatic rings. The van der Waals surface area contributed by atoms with Crippen molar-refractivity contribution in [3.63, 3.8) is 0 Å². The summed E-state index contributed by atoms with van der Waals surface area (Å²) in [5.41, 5.74) is 2.90. The monoisotopic (exact) mass is 513 g/mol. The molecule has 2 aromatic carbocycles. The lowest BCUT2D eigenvalue weighted by atomic mass is 9.80. The number of piperidine rings is 1. The van der Waals surface area contributed by atoms with Crippen molar-refractivity contribution in [1.82, 2.24) is 15.1 Å². The van der Waals surface area contributed by atoms with Crippen LogP contribution in [0, 0.1) is 0 Å². The molecule has 3 aliphatic rings. The van der Waals surface area contributed by atoms with Crippen LogP contribution in [0.5, 0.6) is 0 Å². The summed E-state index contributed by atoms with van der Waals surface area (Å²) >= 11 is 1.66. The summed E-state index contributed by atoms with van der Waals surface area (Å²) < 4.78 is 0. The molecule has 2 amide bonds. The van der Waals surface area contributed by atoms with Crippen molar-refractivity contribution >= 4 is 23.2 Å². The van der Waals surface area contributed by atoms with Gasteiger partial charge in [0, 0.05) is 42.2 Å². The molecule has 3 heterocycles. The van der Waals surface area contributed by atoms with Gasteiger partial charge in [-0.05, 0) is 54.3 Å². The lowest BCUT2D eigenvalue weighted by Crippen LogP contribution is -2.52. The van der Waals surface area contributed by atoms with E-state index in [2.05, 4.69) is 56.9 Å². The summed E-state index contributed by atoms with van der Waals surface area (Å²) in [6, 6.07) is 22.6. The molecule has 1 saturated carbocycles. The molecule has 6 rings (SSSR count). The summed E-state index contributed by atoms with van der Waals surface area (Å²) in [7, 11) is 0. The molecule has 1 aliphatic carbocycles. The number of rotatable bonds is 6. The Morgan fingerprint density at radius 1 is 0.892 bits per heavy atom. The van der Waals surface area contributed by atoms with Crippen LogP contribution in [0.25, 0.3) is 0 Å². The number of carbonyl (C=O) groups excluding carboxylic acids is 2. The van der Waals surface area contributed by atoms with Crippen LogP contribution in [0.15, 0.2) is 72.1 Å². The Labute approximate surface area is 223 Å². The molecule has 1 N–H and O–H groups in total. The molecule has 0 unspecified atom stereocenters. The molecule has 0 bridgehead atoms. The molecule has 6 heteroatoms. The van der Waals surface area contributed by atoms with Crippen LogP contribution < -0.4 is 5.32 Å². The van der Waals surface area contributed by atoms with E-state index in [1.165, 1.54) is 5.56 Å². The SMILES string of the molecule is O=C(NC1CCN(Cc2ccccc2)CC1)[C@H]1c2ccccc2C(=O)N(C2CCCC2)[C@H]1c1cccs1. The normalized spacial score (nSPS) is 23.2. The zero-order chi connectivity index (χ0) is 25.2. The van der Waals surface area contributed by atoms with E-state index in [9.17, 15) is 9.59 Å². The number of nitrogens with zero attached hydrogens (tertiary/aromatic N) is 2. The molecular formula is C31H35N3O2S. The summed E-state index contributed by atoms with van der Waals surface area (Å²) in [6.07, 6.45) is 6.22. The van der Waals surface area contributed by atoms with E-state index in [0.717, 1.165) is 68.6 Å². The van der Waals surface area contributed by atoms with Crippen LogP contribution in [0.3, 0.4) is 0 Å². The first kappa shape index (κ1) is 24.4. The number of thiophene rings is 1.